The zero-order valence-electron chi connectivity index (χ0n) is 13.0. The molecule has 1 unspecified atom stereocenters. The van der Waals surface area contributed by atoms with Crippen molar-refractivity contribution in [3.63, 3.8) is 0 Å². The lowest BCUT2D eigenvalue weighted by Gasteiger charge is -2.27. The van der Waals surface area contributed by atoms with Crippen LogP contribution in [0.2, 0.25) is 0 Å². The van der Waals surface area contributed by atoms with Crippen molar-refractivity contribution < 1.29 is 4.74 Å². The predicted molar refractivity (Wildman–Crippen MR) is 79.9 cm³/mol. The molecule has 0 heterocycles. The zero-order valence-corrected chi connectivity index (χ0v) is 13.0. The van der Waals surface area contributed by atoms with Crippen LogP contribution in [0, 0.1) is 0 Å². The molecule has 0 amide bonds. The fraction of sp³-hybridized carbons (Fsp3) is 1.00. The molecule has 110 valence electrons. The van der Waals surface area contributed by atoms with E-state index in [1.165, 1.54) is 38.5 Å². The van der Waals surface area contributed by atoms with E-state index in [0.29, 0.717) is 12.1 Å². The highest BCUT2D eigenvalue weighted by molar-refractivity contribution is 4.69. The summed E-state index contributed by atoms with van der Waals surface area (Å²) in [4.78, 5) is 2.35. The lowest BCUT2D eigenvalue weighted by molar-refractivity contribution is 0.0554. The van der Waals surface area contributed by atoms with E-state index < -0.39 is 0 Å². The molecule has 0 aromatic carbocycles. The van der Waals surface area contributed by atoms with Crippen molar-refractivity contribution in [3.8, 4) is 0 Å². The third-order valence-electron chi connectivity index (χ3n) is 3.43. The average Bonchev–Trinajstić information content (AvgIpc) is 2.33. The topological polar surface area (TPSA) is 38.5 Å². The molecule has 2 N–H and O–H groups in total. The van der Waals surface area contributed by atoms with Gasteiger partial charge in [0.1, 0.15) is 0 Å². The average molecular weight is 258 g/mol. The van der Waals surface area contributed by atoms with E-state index >= 15 is 0 Å². The van der Waals surface area contributed by atoms with Crippen molar-refractivity contribution in [1.29, 1.82) is 0 Å². The number of hydrogen-bond donors (Lipinski definition) is 1. The van der Waals surface area contributed by atoms with Crippen LogP contribution < -0.4 is 5.73 Å². The minimum Gasteiger partial charge on any atom is -0.377 e. The van der Waals surface area contributed by atoms with E-state index in [4.69, 9.17) is 10.5 Å². The number of nitrogens with zero attached hydrogens (tertiary/aromatic N) is 1. The molecule has 0 spiro atoms. The van der Waals surface area contributed by atoms with E-state index in [-0.39, 0.29) is 0 Å². The SMILES string of the molecule is CCCCCCCC(CN)N(C)CCOC(C)C. The summed E-state index contributed by atoms with van der Waals surface area (Å²) in [6.07, 6.45) is 8.24. The maximum Gasteiger partial charge on any atom is 0.0596 e. The van der Waals surface area contributed by atoms with Gasteiger partial charge in [-0.1, -0.05) is 39.0 Å². The standard InChI is InChI=1S/C15H34N2O/c1-5-6-7-8-9-10-15(13-16)17(4)11-12-18-14(2)3/h14-15H,5-13,16H2,1-4H3. The Morgan fingerprint density at radius 3 is 2.33 bits per heavy atom. The molecule has 18 heavy (non-hydrogen) atoms. The van der Waals surface area contributed by atoms with Gasteiger partial charge in [0.2, 0.25) is 0 Å². The van der Waals surface area contributed by atoms with Gasteiger partial charge in [0.05, 0.1) is 12.7 Å². The monoisotopic (exact) mass is 258 g/mol. The van der Waals surface area contributed by atoms with E-state index in [2.05, 4.69) is 32.7 Å². The van der Waals surface area contributed by atoms with Gasteiger partial charge in [-0.25, -0.2) is 0 Å². The minimum absolute atomic E-state index is 0.323. The van der Waals surface area contributed by atoms with Crippen LogP contribution in [0.25, 0.3) is 0 Å². The summed E-state index contributed by atoms with van der Waals surface area (Å²) >= 11 is 0. The van der Waals surface area contributed by atoms with Gasteiger partial charge in [-0.05, 0) is 27.3 Å². The molecule has 0 rings (SSSR count). The van der Waals surface area contributed by atoms with Crippen LogP contribution in [0.1, 0.15) is 59.3 Å². The first-order chi connectivity index (χ1) is 8.61. The first-order valence-corrected chi connectivity index (χ1v) is 7.63. The van der Waals surface area contributed by atoms with E-state index in [1.807, 2.05) is 0 Å². The molecule has 3 nitrogen and oxygen atoms in total. The van der Waals surface area contributed by atoms with Crippen LogP contribution in [0.3, 0.4) is 0 Å². The van der Waals surface area contributed by atoms with Gasteiger partial charge in [-0.15, -0.1) is 0 Å². The van der Waals surface area contributed by atoms with Gasteiger partial charge >= 0.3 is 0 Å². The van der Waals surface area contributed by atoms with Crippen LogP contribution >= 0.6 is 0 Å². The lowest BCUT2D eigenvalue weighted by Crippen LogP contribution is -2.39. The molecule has 0 fully saturated rings. The molecular formula is C15H34N2O. The summed E-state index contributed by atoms with van der Waals surface area (Å²) in [6.45, 7) is 8.95. The second kappa shape index (κ2) is 11.9. The molecule has 0 aliphatic rings. The van der Waals surface area contributed by atoms with Crippen LogP contribution in [0.4, 0.5) is 0 Å². The van der Waals surface area contributed by atoms with Crippen molar-refractivity contribution >= 4 is 0 Å². The fourth-order valence-electron chi connectivity index (χ4n) is 2.12. The number of hydrogen-bond acceptors (Lipinski definition) is 3. The number of ether oxygens (including phenoxy) is 1. The molecule has 0 bridgehead atoms. The summed E-state index contributed by atoms with van der Waals surface area (Å²) in [5, 5.41) is 0. The van der Waals surface area contributed by atoms with Gasteiger partial charge in [0.15, 0.2) is 0 Å². The Bertz CT molecular complexity index is 174. The maximum atomic E-state index is 5.86. The van der Waals surface area contributed by atoms with E-state index in [9.17, 15) is 0 Å². The van der Waals surface area contributed by atoms with Crippen molar-refractivity contribution in [3.05, 3.63) is 0 Å². The lowest BCUT2D eigenvalue weighted by atomic mass is 10.1. The summed E-state index contributed by atoms with van der Waals surface area (Å²) in [5.74, 6) is 0. The third kappa shape index (κ3) is 9.86. The predicted octanol–water partition coefficient (Wildman–Crippen LogP) is 3.03. The van der Waals surface area contributed by atoms with Gasteiger partial charge < -0.3 is 10.5 Å². The summed E-state index contributed by atoms with van der Waals surface area (Å²) in [6, 6.07) is 0.516. The van der Waals surface area contributed by atoms with Crippen molar-refractivity contribution in [2.75, 3.05) is 26.7 Å². The summed E-state index contributed by atoms with van der Waals surface area (Å²) in [7, 11) is 2.16. The quantitative estimate of drug-likeness (QED) is 0.547. The smallest absolute Gasteiger partial charge is 0.0596 e. The van der Waals surface area contributed by atoms with Gasteiger partial charge in [-0.3, -0.25) is 4.90 Å². The van der Waals surface area contributed by atoms with Crippen molar-refractivity contribution in [2.45, 2.75) is 71.4 Å². The highest BCUT2D eigenvalue weighted by Gasteiger charge is 2.12. The van der Waals surface area contributed by atoms with Crippen LogP contribution in [0.15, 0.2) is 0 Å². The Morgan fingerprint density at radius 1 is 1.11 bits per heavy atom. The Morgan fingerprint density at radius 2 is 1.78 bits per heavy atom. The first kappa shape index (κ1) is 17.9. The number of likely N-dealkylation sites (N-methyl/N-ethyl adjacent to an activating group) is 1. The van der Waals surface area contributed by atoms with Gasteiger partial charge in [0, 0.05) is 19.1 Å². The van der Waals surface area contributed by atoms with Gasteiger partial charge in [0.25, 0.3) is 0 Å². The van der Waals surface area contributed by atoms with Crippen LogP contribution in [-0.4, -0.2) is 43.8 Å². The minimum atomic E-state index is 0.323. The Kier molecular flexibility index (Phi) is 11.9. The maximum absolute atomic E-state index is 5.86. The molecule has 0 aromatic heterocycles. The Balaban J connectivity index is 3.65. The van der Waals surface area contributed by atoms with Gasteiger partial charge in [-0.2, -0.15) is 0 Å². The summed E-state index contributed by atoms with van der Waals surface area (Å²) in [5.41, 5.74) is 5.86. The van der Waals surface area contributed by atoms with E-state index in [0.717, 1.165) is 19.7 Å². The van der Waals surface area contributed by atoms with E-state index in [1.54, 1.807) is 0 Å². The van der Waals surface area contributed by atoms with Crippen LogP contribution in [-0.2, 0) is 4.74 Å². The number of rotatable bonds is 12. The molecule has 0 radical (unpaired) electrons. The van der Waals surface area contributed by atoms with Crippen molar-refractivity contribution in [1.82, 2.24) is 4.90 Å². The second-order valence-electron chi connectivity index (χ2n) is 5.49. The second-order valence-corrected chi connectivity index (χ2v) is 5.49. The molecule has 0 aliphatic heterocycles. The molecule has 0 aromatic rings. The summed E-state index contributed by atoms with van der Waals surface area (Å²) < 4.78 is 5.58. The first-order valence-electron chi connectivity index (χ1n) is 7.63. The molecule has 0 saturated carbocycles. The zero-order chi connectivity index (χ0) is 13.8. The molecule has 0 saturated heterocycles. The van der Waals surface area contributed by atoms with Crippen molar-refractivity contribution in [2.24, 2.45) is 5.73 Å². The largest absolute Gasteiger partial charge is 0.377 e. The van der Waals surface area contributed by atoms with Crippen LogP contribution in [0.5, 0.6) is 0 Å². The Hall–Kier alpha value is -0.120. The molecule has 1 atom stereocenters. The molecular weight excluding hydrogens is 224 g/mol. The highest BCUT2D eigenvalue weighted by Crippen LogP contribution is 2.10. The molecule has 3 heteroatoms. The number of nitrogens with two attached hydrogens (primary N) is 1. The Labute approximate surface area is 114 Å². The normalized spacial score (nSPS) is 13.5. The number of unbranched alkanes of at least 4 members (excludes halogenated alkanes) is 4. The highest BCUT2D eigenvalue weighted by atomic mass is 16.5. The molecule has 0 aliphatic carbocycles. The third-order valence-corrected chi connectivity index (χ3v) is 3.43. The fourth-order valence-corrected chi connectivity index (χ4v) is 2.12.